The van der Waals surface area contributed by atoms with Gasteiger partial charge in [-0.25, -0.2) is 0 Å². The van der Waals surface area contributed by atoms with Crippen LogP contribution in [0.4, 0.5) is 0 Å². The van der Waals surface area contributed by atoms with Crippen molar-refractivity contribution in [3.8, 4) is 0 Å². The maximum atomic E-state index is 10.5. The van der Waals surface area contributed by atoms with Gasteiger partial charge in [-0.3, -0.25) is 4.79 Å². The van der Waals surface area contributed by atoms with Crippen LogP contribution in [-0.2, 0) is 4.79 Å². The summed E-state index contributed by atoms with van der Waals surface area (Å²) in [5, 5.41) is 0. The van der Waals surface area contributed by atoms with Crippen LogP contribution in [0.25, 0.3) is 0 Å². The zero-order chi connectivity index (χ0) is 8.10. The van der Waals surface area contributed by atoms with Crippen molar-refractivity contribution < 1.29 is 26.3 Å². The van der Waals surface area contributed by atoms with E-state index in [9.17, 15) is 4.79 Å². The molecule has 0 saturated heterocycles. The Morgan fingerprint density at radius 2 is 2.00 bits per heavy atom. The second-order valence-electron chi connectivity index (χ2n) is 2.04. The third-order valence-corrected chi connectivity index (χ3v) is 3.39. The van der Waals surface area contributed by atoms with Crippen molar-refractivity contribution in [1.82, 2.24) is 3.53 Å². The quantitative estimate of drug-likeness (QED) is 0.484. The van der Waals surface area contributed by atoms with Gasteiger partial charge in [0.15, 0.2) is 0 Å². The number of amides is 1. The highest BCUT2D eigenvalue weighted by molar-refractivity contribution is 5.71. The Morgan fingerprint density at radius 1 is 1.36 bits per heavy atom. The van der Waals surface area contributed by atoms with Gasteiger partial charge in [0.25, 0.3) is 5.91 Å². The van der Waals surface area contributed by atoms with Gasteiger partial charge in [0.2, 0.25) is 3.57 Å². The van der Waals surface area contributed by atoms with Gasteiger partial charge in [-0.1, -0.05) is 18.2 Å². The first kappa shape index (κ1) is 8.52. The van der Waals surface area contributed by atoms with E-state index in [0.717, 1.165) is 0 Å². The van der Waals surface area contributed by atoms with Crippen LogP contribution in [0.2, 0.25) is 0 Å². The van der Waals surface area contributed by atoms with Crippen molar-refractivity contribution in [1.29, 1.82) is 0 Å². The molecule has 0 aliphatic carbocycles. The van der Waals surface area contributed by atoms with Crippen LogP contribution in [-0.4, -0.2) is 5.91 Å². The van der Waals surface area contributed by atoms with E-state index in [1.165, 1.54) is 3.57 Å². The molecule has 3 heteroatoms. The van der Waals surface area contributed by atoms with Crippen LogP contribution in [0.1, 0.15) is 6.92 Å². The minimum Gasteiger partial charge on any atom is -0.272 e. The molecule has 0 aromatic heterocycles. The highest BCUT2D eigenvalue weighted by Gasteiger charge is 2.11. The highest BCUT2D eigenvalue weighted by atomic mass is 127. The van der Waals surface area contributed by atoms with Gasteiger partial charge in [0.05, 0.1) is 0 Å². The number of carbonyl (C=O) groups is 1. The number of hydrogen-bond donors (Lipinski definition) is 1. The predicted molar refractivity (Wildman–Crippen MR) is 39.0 cm³/mol. The predicted octanol–water partition coefficient (Wildman–Crippen LogP) is -2.00. The maximum Gasteiger partial charge on any atom is 0.466 e. The van der Waals surface area contributed by atoms with E-state index in [1.807, 2.05) is 30.3 Å². The summed E-state index contributed by atoms with van der Waals surface area (Å²) in [6.07, 6.45) is 0. The molecule has 1 aromatic carbocycles. The van der Waals surface area contributed by atoms with E-state index in [-0.39, 0.29) is 27.4 Å². The average molecular weight is 262 g/mol. The van der Waals surface area contributed by atoms with Gasteiger partial charge in [-0.15, -0.1) is 3.53 Å². The molecule has 1 amide bonds. The first-order valence-electron chi connectivity index (χ1n) is 3.24. The maximum absolute atomic E-state index is 10.5. The molecule has 0 radical (unpaired) electrons. The average Bonchev–Trinajstić information content (AvgIpc) is 2.03. The van der Waals surface area contributed by atoms with Crippen molar-refractivity contribution in [3.63, 3.8) is 0 Å². The van der Waals surface area contributed by atoms with Crippen molar-refractivity contribution in [3.05, 3.63) is 33.9 Å². The fourth-order valence-electron chi connectivity index (χ4n) is 0.599. The summed E-state index contributed by atoms with van der Waals surface area (Å²) in [4.78, 5) is 10.5. The lowest BCUT2D eigenvalue weighted by Crippen LogP contribution is -3.68. The second-order valence-corrected chi connectivity index (χ2v) is 4.37. The van der Waals surface area contributed by atoms with Gasteiger partial charge >= 0.3 is 21.5 Å². The molecule has 0 atom stereocenters. The number of hydrogen-bond acceptors (Lipinski definition) is 1. The molecule has 0 bridgehead atoms. The minimum atomic E-state index is -0.313. The first-order chi connectivity index (χ1) is 5.29. The van der Waals surface area contributed by atoms with Crippen LogP contribution < -0.4 is 25.0 Å². The summed E-state index contributed by atoms with van der Waals surface area (Å²) in [5.74, 6) is 0.0571. The summed E-state index contributed by atoms with van der Waals surface area (Å²) < 4.78 is 4.07. The normalized spacial score (nSPS) is 9.18. The molecule has 1 aromatic rings. The van der Waals surface area contributed by atoms with Crippen LogP contribution >= 0.6 is 0 Å². The van der Waals surface area contributed by atoms with E-state index < -0.39 is 0 Å². The van der Waals surface area contributed by atoms with Gasteiger partial charge in [0, 0.05) is 6.92 Å². The minimum absolute atomic E-state index is 0.0571. The molecule has 0 heterocycles. The monoisotopic (exact) mass is 262 g/mol. The lowest BCUT2D eigenvalue weighted by atomic mass is 10.4. The molecule has 58 valence electrons. The molecule has 0 saturated carbocycles. The SMILES string of the molecule is CC(=O)N[I+]c1ccccc1. The van der Waals surface area contributed by atoms with Crippen LogP contribution in [0.5, 0.6) is 0 Å². The zero-order valence-corrected chi connectivity index (χ0v) is 8.33. The number of benzene rings is 1. The largest absolute Gasteiger partial charge is 0.466 e. The Balaban J connectivity index is 2.45. The van der Waals surface area contributed by atoms with Gasteiger partial charge in [0.1, 0.15) is 0 Å². The zero-order valence-electron chi connectivity index (χ0n) is 6.17. The molecule has 0 fully saturated rings. The molecule has 1 N–H and O–H groups in total. The van der Waals surface area contributed by atoms with Gasteiger partial charge in [-0.05, 0) is 12.1 Å². The van der Waals surface area contributed by atoms with Gasteiger partial charge < -0.3 is 0 Å². The van der Waals surface area contributed by atoms with Crippen LogP contribution in [0.15, 0.2) is 30.3 Å². The van der Waals surface area contributed by atoms with Crippen molar-refractivity contribution in [2.24, 2.45) is 0 Å². The van der Waals surface area contributed by atoms with E-state index in [2.05, 4.69) is 3.53 Å². The third kappa shape index (κ3) is 3.36. The van der Waals surface area contributed by atoms with E-state index in [1.54, 1.807) is 6.92 Å². The number of carbonyl (C=O) groups excluding carboxylic acids is 1. The van der Waals surface area contributed by atoms with Crippen LogP contribution in [0, 0.1) is 3.57 Å². The lowest BCUT2D eigenvalue weighted by Gasteiger charge is -1.82. The molecular formula is C8H9INO+. The topological polar surface area (TPSA) is 29.1 Å². The molecule has 0 spiro atoms. The molecular weight excluding hydrogens is 253 g/mol. The molecule has 0 aliphatic heterocycles. The van der Waals surface area contributed by atoms with Gasteiger partial charge in [-0.2, -0.15) is 0 Å². The van der Waals surface area contributed by atoms with E-state index in [4.69, 9.17) is 0 Å². The summed E-state index contributed by atoms with van der Waals surface area (Å²) in [6, 6.07) is 10.0. The Kier molecular flexibility index (Phi) is 3.35. The summed E-state index contributed by atoms with van der Waals surface area (Å²) in [6.45, 7) is 1.54. The molecule has 0 unspecified atom stereocenters. The number of halogens is 1. The smallest absolute Gasteiger partial charge is 0.272 e. The second kappa shape index (κ2) is 4.33. The molecule has 11 heavy (non-hydrogen) atoms. The Labute approximate surface area is 76.6 Å². The van der Waals surface area contributed by atoms with E-state index in [0.29, 0.717) is 0 Å². The van der Waals surface area contributed by atoms with Crippen molar-refractivity contribution in [2.45, 2.75) is 6.92 Å². The molecule has 2 nitrogen and oxygen atoms in total. The van der Waals surface area contributed by atoms with E-state index >= 15 is 0 Å². The lowest BCUT2D eigenvalue weighted by molar-refractivity contribution is -0.672. The Hall–Kier alpha value is -0.580. The molecule has 1 rings (SSSR count). The van der Waals surface area contributed by atoms with Crippen molar-refractivity contribution in [2.75, 3.05) is 0 Å². The molecule has 0 aliphatic rings. The van der Waals surface area contributed by atoms with Crippen molar-refractivity contribution >= 4 is 5.91 Å². The number of rotatable bonds is 2. The fourth-order valence-corrected chi connectivity index (χ4v) is 2.06. The first-order valence-corrected chi connectivity index (χ1v) is 5.40. The third-order valence-electron chi connectivity index (χ3n) is 1.02. The summed E-state index contributed by atoms with van der Waals surface area (Å²) in [7, 11) is 0. The van der Waals surface area contributed by atoms with Crippen LogP contribution in [0.3, 0.4) is 0 Å². The Morgan fingerprint density at radius 3 is 2.55 bits per heavy atom. The standard InChI is InChI=1S/C8H8INO/c1-7(11)10-9-8-5-3-2-4-6-8/h2-6H,1H3/p+1. The summed E-state index contributed by atoms with van der Waals surface area (Å²) in [5.41, 5.74) is 0. The number of nitrogens with one attached hydrogen (secondary N) is 1. The Bertz CT molecular complexity index is 235. The fraction of sp³-hybridized carbons (Fsp3) is 0.125. The summed E-state index contributed by atoms with van der Waals surface area (Å²) >= 11 is -0.313. The highest BCUT2D eigenvalue weighted by Crippen LogP contribution is 1.81.